The van der Waals surface area contributed by atoms with E-state index in [2.05, 4.69) is 12.2 Å². The summed E-state index contributed by atoms with van der Waals surface area (Å²) >= 11 is 0. The first kappa shape index (κ1) is 19.2. The molecule has 1 aromatic rings. The van der Waals surface area contributed by atoms with E-state index in [9.17, 15) is 14.7 Å². The average molecular weight is 348 g/mol. The molecule has 0 radical (unpaired) electrons. The third-order valence-electron chi connectivity index (χ3n) is 4.93. The second-order valence-corrected chi connectivity index (χ2v) is 6.60. The van der Waals surface area contributed by atoms with Gasteiger partial charge < -0.3 is 15.2 Å². The molecule has 0 bridgehead atoms. The zero-order valence-corrected chi connectivity index (χ0v) is 15.2. The van der Waals surface area contributed by atoms with Crippen molar-refractivity contribution < 1.29 is 19.4 Å². The fourth-order valence-corrected chi connectivity index (χ4v) is 3.30. The van der Waals surface area contributed by atoms with Crippen molar-refractivity contribution in [3.05, 3.63) is 29.8 Å². The Bertz CT molecular complexity index is 588. The molecule has 2 N–H and O–H groups in total. The van der Waals surface area contributed by atoms with Gasteiger partial charge in [-0.15, -0.1) is 0 Å². The van der Waals surface area contributed by atoms with Gasteiger partial charge in [0.25, 0.3) is 0 Å². The first-order chi connectivity index (χ1) is 12.0. The number of phenolic OH excluding ortho intramolecular Hbond substituents is 1. The van der Waals surface area contributed by atoms with Gasteiger partial charge in [0.2, 0.25) is 5.91 Å². The van der Waals surface area contributed by atoms with Crippen LogP contribution in [-0.4, -0.2) is 54.7 Å². The number of rotatable bonds is 7. The number of benzene rings is 1. The smallest absolute Gasteiger partial charge is 0.310 e. The van der Waals surface area contributed by atoms with Gasteiger partial charge in [0.15, 0.2) is 0 Å². The van der Waals surface area contributed by atoms with Gasteiger partial charge in [-0.1, -0.05) is 25.5 Å². The van der Waals surface area contributed by atoms with E-state index in [1.807, 2.05) is 24.0 Å². The summed E-state index contributed by atoms with van der Waals surface area (Å²) in [6.45, 7) is 5.72. The van der Waals surface area contributed by atoms with Crippen LogP contribution in [0, 0.1) is 5.92 Å². The number of carbonyl (C=O) groups is 2. The van der Waals surface area contributed by atoms with Crippen LogP contribution in [0.2, 0.25) is 0 Å². The Hall–Kier alpha value is -2.08. The molecular formula is C19H28N2O4. The molecule has 138 valence electrons. The normalized spacial score (nSPS) is 21.7. The van der Waals surface area contributed by atoms with Crippen LogP contribution >= 0.6 is 0 Å². The number of likely N-dealkylation sites (tertiary alicyclic amines) is 1. The van der Waals surface area contributed by atoms with Gasteiger partial charge in [-0.2, -0.15) is 0 Å². The highest BCUT2D eigenvalue weighted by atomic mass is 16.5. The van der Waals surface area contributed by atoms with Crippen LogP contribution in [0.4, 0.5) is 0 Å². The zero-order valence-electron chi connectivity index (χ0n) is 15.2. The van der Waals surface area contributed by atoms with Crippen molar-refractivity contribution in [2.75, 3.05) is 26.7 Å². The molecule has 0 spiro atoms. The summed E-state index contributed by atoms with van der Waals surface area (Å²) < 4.78 is 4.96. The Morgan fingerprint density at radius 3 is 2.60 bits per heavy atom. The molecule has 1 fully saturated rings. The maximum absolute atomic E-state index is 12.3. The van der Waals surface area contributed by atoms with Crippen LogP contribution in [0.1, 0.15) is 38.2 Å². The lowest BCUT2D eigenvalue weighted by Gasteiger charge is -2.23. The SMILES string of the molecule is CCCCNC(=O)C(C)N1C[C@H](C(=O)OC)[C@@H](c2ccc(O)cc2)C1. The molecule has 1 aliphatic heterocycles. The molecule has 6 heteroatoms. The summed E-state index contributed by atoms with van der Waals surface area (Å²) in [5.74, 6) is -0.459. The van der Waals surface area contributed by atoms with Gasteiger partial charge in [0.05, 0.1) is 19.1 Å². The molecule has 1 heterocycles. The van der Waals surface area contributed by atoms with Crippen LogP contribution < -0.4 is 5.32 Å². The van der Waals surface area contributed by atoms with Crippen molar-refractivity contribution in [3.8, 4) is 5.75 Å². The van der Waals surface area contributed by atoms with E-state index in [4.69, 9.17) is 4.74 Å². The second kappa shape index (κ2) is 8.85. The highest BCUT2D eigenvalue weighted by molar-refractivity contribution is 5.81. The van der Waals surface area contributed by atoms with Crippen LogP contribution in [0.3, 0.4) is 0 Å². The van der Waals surface area contributed by atoms with E-state index in [1.54, 1.807) is 12.1 Å². The van der Waals surface area contributed by atoms with Crippen molar-refractivity contribution in [2.45, 2.75) is 38.6 Å². The van der Waals surface area contributed by atoms with Gasteiger partial charge in [-0.25, -0.2) is 0 Å². The Morgan fingerprint density at radius 1 is 1.32 bits per heavy atom. The number of hydrogen-bond donors (Lipinski definition) is 2. The largest absolute Gasteiger partial charge is 0.508 e. The standard InChI is InChI=1S/C19H28N2O4/c1-4-5-10-20-18(23)13(2)21-11-16(17(12-21)19(24)25-3)14-6-8-15(22)9-7-14/h6-9,13,16-17,22H,4-5,10-12H2,1-3H3,(H,20,23)/t13?,16-,17+/m1/s1. The molecule has 1 unspecified atom stereocenters. The van der Waals surface area contributed by atoms with Crippen LogP contribution in [0.15, 0.2) is 24.3 Å². The van der Waals surface area contributed by atoms with E-state index in [0.717, 1.165) is 18.4 Å². The molecule has 0 aliphatic carbocycles. The highest BCUT2D eigenvalue weighted by Crippen LogP contribution is 2.35. The van der Waals surface area contributed by atoms with E-state index in [-0.39, 0.29) is 35.5 Å². The van der Waals surface area contributed by atoms with E-state index in [0.29, 0.717) is 19.6 Å². The third-order valence-corrected chi connectivity index (χ3v) is 4.93. The molecule has 0 aromatic heterocycles. The Kier molecular flexibility index (Phi) is 6.82. The van der Waals surface area contributed by atoms with Crippen LogP contribution in [0.25, 0.3) is 0 Å². The number of nitrogens with one attached hydrogen (secondary N) is 1. The van der Waals surface area contributed by atoms with Crippen LogP contribution in [0.5, 0.6) is 5.75 Å². The average Bonchev–Trinajstić information content (AvgIpc) is 3.06. The Labute approximate surface area is 149 Å². The highest BCUT2D eigenvalue weighted by Gasteiger charge is 2.41. The summed E-state index contributed by atoms with van der Waals surface area (Å²) in [6, 6.07) is 6.59. The second-order valence-electron chi connectivity index (χ2n) is 6.60. The first-order valence-corrected chi connectivity index (χ1v) is 8.86. The summed E-state index contributed by atoms with van der Waals surface area (Å²) in [4.78, 5) is 26.6. The number of phenols is 1. The van der Waals surface area contributed by atoms with Crippen molar-refractivity contribution in [1.29, 1.82) is 0 Å². The molecular weight excluding hydrogens is 320 g/mol. The minimum absolute atomic E-state index is 0.0107. The molecule has 6 nitrogen and oxygen atoms in total. The molecule has 1 aliphatic rings. The number of amides is 1. The maximum atomic E-state index is 12.3. The van der Waals surface area contributed by atoms with Gasteiger partial charge in [0, 0.05) is 25.6 Å². The van der Waals surface area contributed by atoms with E-state index in [1.165, 1.54) is 7.11 Å². The van der Waals surface area contributed by atoms with E-state index < -0.39 is 0 Å². The number of hydrogen-bond acceptors (Lipinski definition) is 5. The maximum Gasteiger partial charge on any atom is 0.310 e. The van der Waals surface area contributed by atoms with Gasteiger partial charge in [-0.3, -0.25) is 14.5 Å². The van der Waals surface area contributed by atoms with Crippen molar-refractivity contribution in [3.63, 3.8) is 0 Å². The molecule has 0 saturated carbocycles. The summed E-state index contributed by atoms with van der Waals surface area (Å²) in [6.07, 6.45) is 1.99. The van der Waals surface area contributed by atoms with Crippen molar-refractivity contribution >= 4 is 11.9 Å². The number of methoxy groups -OCH3 is 1. The predicted molar refractivity (Wildman–Crippen MR) is 95.3 cm³/mol. The minimum atomic E-state index is -0.319. The number of carbonyl (C=O) groups excluding carboxylic acids is 2. The number of nitrogens with zero attached hydrogens (tertiary/aromatic N) is 1. The molecule has 1 saturated heterocycles. The van der Waals surface area contributed by atoms with Gasteiger partial charge >= 0.3 is 5.97 Å². The van der Waals surface area contributed by atoms with E-state index >= 15 is 0 Å². The number of ether oxygens (including phenoxy) is 1. The Balaban J connectivity index is 2.10. The lowest BCUT2D eigenvalue weighted by atomic mass is 9.89. The van der Waals surface area contributed by atoms with Crippen molar-refractivity contribution in [1.82, 2.24) is 10.2 Å². The lowest BCUT2D eigenvalue weighted by molar-refractivity contribution is -0.145. The monoisotopic (exact) mass is 348 g/mol. The number of aromatic hydroxyl groups is 1. The minimum Gasteiger partial charge on any atom is -0.508 e. The summed E-state index contributed by atoms with van der Waals surface area (Å²) in [5.41, 5.74) is 0.967. The molecule has 1 amide bonds. The fourth-order valence-electron chi connectivity index (χ4n) is 3.30. The predicted octanol–water partition coefficient (Wildman–Crippen LogP) is 1.89. The molecule has 1 aromatic carbocycles. The number of esters is 1. The quantitative estimate of drug-likeness (QED) is 0.581. The van der Waals surface area contributed by atoms with Crippen molar-refractivity contribution in [2.24, 2.45) is 5.92 Å². The lowest BCUT2D eigenvalue weighted by Crippen LogP contribution is -2.44. The first-order valence-electron chi connectivity index (χ1n) is 8.86. The van der Waals surface area contributed by atoms with Gasteiger partial charge in [-0.05, 0) is 31.0 Å². The third kappa shape index (κ3) is 4.72. The molecule has 25 heavy (non-hydrogen) atoms. The topological polar surface area (TPSA) is 78.9 Å². The Morgan fingerprint density at radius 2 is 2.00 bits per heavy atom. The van der Waals surface area contributed by atoms with Crippen LogP contribution in [-0.2, 0) is 14.3 Å². The van der Waals surface area contributed by atoms with Gasteiger partial charge in [0.1, 0.15) is 5.75 Å². The molecule has 2 rings (SSSR count). The fraction of sp³-hybridized carbons (Fsp3) is 0.579. The molecule has 3 atom stereocenters. The number of unbranched alkanes of at least 4 members (excludes halogenated alkanes) is 1. The summed E-state index contributed by atoms with van der Waals surface area (Å²) in [5, 5.41) is 12.4. The zero-order chi connectivity index (χ0) is 18.4. The summed E-state index contributed by atoms with van der Waals surface area (Å²) in [7, 11) is 1.39.